The molecule has 0 saturated carbocycles. The third kappa shape index (κ3) is 2.82. The Hall–Kier alpha value is -2.32. The smallest absolute Gasteiger partial charge is 0.254 e. The van der Waals surface area contributed by atoms with Gasteiger partial charge in [0.15, 0.2) is 6.29 Å². The van der Waals surface area contributed by atoms with Gasteiger partial charge in [0.1, 0.15) is 5.82 Å². The Morgan fingerprint density at radius 2 is 1.96 bits per heavy atom. The van der Waals surface area contributed by atoms with Crippen molar-refractivity contribution in [3.8, 4) is 0 Å². The minimum absolute atomic E-state index is 0.0612. The van der Waals surface area contributed by atoms with Gasteiger partial charge in [0, 0.05) is 49.9 Å². The maximum absolute atomic E-state index is 14.8. The number of benzene rings is 1. The molecule has 2 bridgehead atoms. The quantitative estimate of drug-likeness (QED) is 0.569. The van der Waals surface area contributed by atoms with Crippen LogP contribution in [0, 0.1) is 5.82 Å². The van der Waals surface area contributed by atoms with E-state index in [0.29, 0.717) is 55.6 Å². The molecule has 8 heteroatoms. The summed E-state index contributed by atoms with van der Waals surface area (Å²) in [6, 6.07) is 3.56. The van der Waals surface area contributed by atoms with Crippen molar-refractivity contribution in [1.82, 2.24) is 15.5 Å². The average molecular weight is 386 g/mol. The average Bonchev–Trinajstić information content (AvgIpc) is 3.02. The van der Waals surface area contributed by atoms with Crippen molar-refractivity contribution in [2.75, 3.05) is 24.5 Å². The monoisotopic (exact) mass is 386 g/mol. The van der Waals surface area contributed by atoms with Crippen LogP contribution in [0.1, 0.15) is 35.2 Å². The van der Waals surface area contributed by atoms with Crippen LogP contribution < -0.4 is 15.5 Å². The lowest BCUT2D eigenvalue weighted by molar-refractivity contribution is -0.131. The largest absolute Gasteiger partial charge is 0.366 e. The van der Waals surface area contributed by atoms with Crippen LogP contribution in [0.2, 0.25) is 0 Å². The molecule has 4 unspecified atom stereocenters. The van der Waals surface area contributed by atoms with Crippen LogP contribution in [0.4, 0.5) is 10.1 Å². The molecule has 6 rings (SSSR count). The summed E-state index contributed by atoms with van der Waals surface area (Å²) in [6.07, 6.45) is 2.66. The van der Waals surface area contributed by atoms with Crippen molar-refractivity contribution in [2.45, 2.75) is 50.0 Å². The molecular weight excluding hydrogens is 363 g/mol. The van der Waals surface area contributed by atoms with Crippen LogP contribution in [0.3, 0.4) is 0 Å². The number of ketones is 1. The molecule has 0 aromatic heterocycles. The van der Waals surface area contributed by atoms with Gasteiger partial charge in [-0.15, -0.1) is 0 Å². The second-order valence-corrected chi connectivity index (χ2v) is 8.31. The SMILES string of the molecule is O=CC(=O)C1CCC(N2Cc3cc(N4CC5CC(C4)N5)c(F)cc3C2=O)CN1. The number of piperazine rings is 1. The number of hydrogen-bond acceptors (Lipinski definition) is 6. The summed E-state index contributed by atoms with van der Waals surface area (Å²) < 4.78 is 14.8. The molecule has 4 saturated heterocycles. The van der Waals surface area contributed by atoms with Gasteiger partial charge in [0.25, 0.3) is 5.91 Å². The first kappa shape index (κ1) is 17.8. The molecule has 4 fully saturated rings. The van der Waals surface area contributed by atoms with Crippen LogP contribution in [-0.2, 0) is 16.1 Å². The van der Waals surface area contributed by atoms with Crippen LogP contribution in [0.5, 0.6) is 0 Å². The van der Waals surface area contributed by atoms with Crippen molar-refractivity contribution < 1.29 is 18.8 Å². The number of hydrogen-bond donors (Lipinski definition) is 2. The van der Waals surface area contributed by atoms with Crippen molar-refractivity contribution in [2.24, 2.45) is 0 Å². The summed E-state index contributed by atoms with van der Waals surface area (Å²) in [5.74, 6) is -0.945. The summed E-state index contributed by atoms with van der Waals surface area (Å²) in [7, 11) is 0. The minimum atomic E-state index is -0.461. The first-order chi connectivity index (χ1) is 13.5. The molecule has 1 aromatic carbocycles. The Labute approximate surface area is 162 Å². The molecule has 1 amide bonds. The van der Waals surface area contributed by atoms with Gasteiger partial charge in [0.05, 0.1) is 11.7 Å². The van der Waals surface area contributed by atoms with Gasteiger partial charge in [-0.3, -0.25) is 14.4 Å². The van der Waals surface area contributed by atoms with E-state index in [0.717, 1.165) is 25.1 Å². The molecule has 4 atom stereocenters. The molecule has 7 nitrogen and oxygen atoms in total. The third-order valence-corrected chi connectivity index (χ3v) is 6.56. The molecule has 0 radical (unpaired) electrons. The van der Waals surface area contributed by atoms with Gasteiger partial charge in [-0.1, -0.05) is 0 Å². The lowest BCUT2D eigenvalue weighted by atomic mass is 9.90. The Balaban J connectivity index is 1.32. The highest BCUT2D eigenvalue weighted by Gasteiger charge is 2.40. The van der Waals surface area contributed by atoms with Gasteiger partial charge in [-0.2, -0.15) is 0 Å². The van der Waals surface area contributed by atoms with Crippen molar-refractivity contribution >= 4 is 23.7 Å². The zero-order chi connectivity index (χ0) is 19.4. The summed E-state index contributed by atoms with van der Waals surface area (Å²) in [6.45, 7) is 2.50. The fraction of sp³-hybridized carbons (Fsp3) is 0.550. The van der Waals surface area contributed by atoms with Crippen LogP contribution >= 0.6 is 0 Å². The number of nitrogens with one attached hydrogen (secondary N) is 2. The van der Waals surface area contributed by atoms with E-state index in [1.54, 1.807) is 4.90 Å². The highest BCUT2D eigenvalue weighted by atomic mass is 19.1. The zero-order valence-corrected chi connectivity index (χ0v) is 15.5. The number of piperidine rings is 2. The van der Waals surface area contributed by atoms with Gasteiger partial charge >= 0.3 is 0 Å². The van der Waals surface area contributed by atoms with E-state index in [4.69, 9.17) is 0 Å². The maximum atomic E-state index is 14.8. The lowest BCUT2D eigenvalue weighted by Gasteiger charge is -2.49. The predicted octanol–water partition coefficient (Wildman–Crippen LogP) is 0.221. The number of Topliss-reactive ketones (excluding diaryl/α,β-unsaturated/α-hetero) is 1. The van der Waals surface area contributed by atoms with Gasteiger partial charge in [-0.25, -0.2) is 4.39 Å². The summed E-state index contributed by atoms with van der Waals surface area (Å²) >= 11 is 0. The first-order valence-electron chi connectivity index (χ1n) is 9.90. The van der Waals surface area contributed by atoms with E-state index in [1.807, 2.05) is 6.07 Å². The second kappa shape index (κ2) is 6.63. The van der Waals surface area contributed by atoms with Gasteiger partial charge in [-0.05, 0) is 37.0 Å². The molecule has 2 N–H and O–H groups in total. The third-order valence-electron chi connectivity index (χ3n) is 6.56. The molecule has 5 aliphatic heterocycles. The number of amides is 1. The van der Waals surface area contributed by atoms with Crippen molar-refractivity contribution in [3.63, 3.8) is 0 Å². The molecule has 1 aromatic rings. The van der Waals surface area contributed by atoms with E-state index in [1.165, 1.54) is 6.07 Å². The fourth-order valence-electron chi connectivity index (χ4n) is 5.02. The number of rotatable bonds is 4. The predicted molar refractivity (Wildman–Crippen MR) is 99.7 cm³/mol. The van der Waals surface area contributed by atoms with E-state index >= 15 is 0 Å². The van der Waals surface area contributed by atoms with Crippen LogP contribution in [-0.4, -0.2) is 66.7 Å². The standard InChI is InChI=1S/C20H23FN4O3/c21-16-5-15-11(3-18(16)24-8-12-4-13(9-24)23-12)7-25(20(15)28)14-1-2-17(22-6-14)19(27)10-26/h3,5,10,12-14,17,22-23H,1-2,4,6-9H2. The van der Waals surface area contributed by atoms with E-state index in [-0.39, 0.29) is 17.8 Å². The molecule has 148 valence electrons. The highest BCUT2D eigenvalue weighted by molar-refractivity contribution is 6.27. The summed E-state index contributed by atoms with van der Waals surface area (Å²) in [5, 5.41) is 6.51. The molecule has 5 heterocycles. The van der Waals surface area contributed by atoms with Crippen LogP contribution in [0.15, 0.2) is 12.1 Å². The molecular formula is C20H23FN4O3. The maximum Gasteiger partial charge on any atom is 0.254 e. The number of fused-ring (bicyclic) bond motifs is 3. The topological polar surface area (TPSA) is 81.8 Å². The zero-order valence-electron chi connectivity index (χ0n) is 15.5. The minimum Gasteiger partial charge on any atom is -0.366 e. The number of carbonyl (C=O) groups is 3. The number of nitrogens with zero attached hydrogens (tertiary/aromatic N) is 2. The van der Waals surface area contributed by atoms with Crippen LogP contribution in [0.25, 0.3) is 0 Å². The Bertz CT molecular complexity index is 836. The number of anilines is 1. The molecule has 0 aliphatic carbocycles. The van der Waals surface area contributed by atoms with E-state index < -0.39 is 11.8 Å². The summed E-state index contributed by atoms with van der Waals surface area (Å²) in [4.78, 5) is 38.9. The molecule has 0 spiro atoms. The Morgan fingerprint density at radius 1 is 1.21 bits per heavy atom. The van der Waals surface area contributed by atoms with E-state index in [2.05, 4.69) is 15.5 Å². The van der Waals surface area contributed by atoms with Gasteiger partial charge in [0.2, 0.25) is 5.78 Å². The molecule has 28 heavy (non-hydrogen) atoms. The van der Waals surface area contributed by atoms with E-state index in [9.17, 15) is 18.8 Å². The fourth-order valence-corrected chi connectivity index (χ4v) is 5.02. The number of aldehydes is 1. The second-order valence-electron chi connectivity index (χ2n) is 8.31. The van der Waals surface area contributed by atoms with Gasteiger partial charge < -0.3 is 20.4 Å². The molecule has 5 aliphatic rings. The lowest BCUT2D eigenvalue weighted by Crippen LogP contribution is -2.67. The number of halogens is 1. The van der Waals surface area contributed by atoms with Crippen molar-refractivity contribution in [3.05, 3.63) is 29.1 Å². The van der Waals surface area contributed by atoms with Crippen molar-refractivity contribution in [1.29, 1.82) is 0 Å². The first-order valence-corrected chi connectivity index (χ1v) is 9.90. The highest BCUT2D eigenvalue weighted by Crippen LogP contribution is 2.34. The Kier molecular flexibility index (Phi) is 4.21. The summed E-state index contributed by atoms with van der Waals surface area (Å²) in [5.41, 5.74) is 1.88. The number of carbonyl (C=O) groups excluding carboxylic acids is 3. The normalized spacial score (nSPS) is 31.4. The Morgan fingerprint density at radius 3 is 2.61 bits per heavy atom.